The third-order valence-corrected chi connectivity index (χ3v) is 6.51. The van der Waals surface area contributed by atoms with Crippen LogP contribution in [0.5, 0.6) is 5.75 Å². The van der Waals surface area contributed by atoms with Crippen LogP contribution in [0.2, 0.25) is 5.02 Å². The highest BCUT2D eigenvalue weighted by Crippen LogP contribution is 2.41. The van der Waals surface area contributed by atoms with Crippen LogP contribution in [0.15, 0.2) is 77.3 Å². The van der Waals surface area contributed by atoms with Crippen molar-refractivity contribution in [3.63, 3.8) is 0 Å². The van der Waals surface area contributed by atoms with E-state index in [9.17, 15) is 0 Å². The van der Waals surface area contributed by atoms with E-state index >= 15 is 0 Å². The molecule has 0 unspecified atom stereocenters. The van der Waals surface area contributed by atoms with Crippen molar-refractivity contribution < 1.29 is 14.0 Å². The van der Waals surface area contributed by atoms with E-state index in [0.29, 0.717) is 23.1 Å². The van der Waals surface area contributed by atoms with Crippen molar-refractivity contribution in [1.29, 1.82) is 0 Å². The van der Waals surface area contributed by atoms with E-state index in [-0.39, 0.29) is 0 Å². The SMILES string of the molecule is CCc1noc(-c2cc(Cl)ccc2OCc2ccccc2)c1-c1ccc(CN2CCOCC2)cc1. The summed E-state index contributed by atoms with van der Waals surface area (Å²) in [6.45, 7) is 7.01. The highest BCUT2D eigenvalue weighted by atomic mass is 35.5. The van der Waals surface area contributed by atoms with Crippen LogP contribution in [0.3, 0.4) is 0 Å². The number of morpholine rings is 1. The minimum atomic E-state index is 0.454. The van der Waals surface area contributed by atoms with Gasteiger partial charge in [-0.25, -0.2) is 0 Å². The molecule has 35 heavy (non-hydrogen) atoms. The van der Waals surface area contributed by atoms with Crippen molar-refractivity contribution in [2.75, 3.05) is 26.3 Å². The van der Waals surface area contributed by atoms with Gasteiger partial charge in [0.05, 0.1) is 30.0 Å². The van der Waals surface area contributed by atoms with Crippen LogP contribution in [-0.4, -0.2) is 36.4 Å². The monoisotopic (exact) mass is 488 g/mol. The fourth-order valence-electron chi connectivity index (χ4n) is 4.38. The molecule has 0 radical (unpaired) electrons. The maximum atomic E-state index is 6.41. The highest BCUT2D eigenvalue weighted by molar-refractivity contribution is 6.31. The Bertz CT molecular complexity index is 1250. The van der Waals surface area contributed by atoms with Crippen molar-refractivity contribution in [2.45, 2.75) is 26.5 Å². The van der Waals surface area contributed by atoms with Crippen LogP contribution in [0.1, 0.15) is 23.7 Å². The second-order valence-corrected chi connectivity index (χ2v) is 9.12. The Morgan fingerprint density at radius 1 is 0.943 bits per heavy atom. The van der Waals surface area contributed by atoms with E-state index in [1.54, 1.807) is 0 Å². The molecule has 0 bridgehead atoms. The molecule has 6 heteroatoms. The molecule has 1 saturated heterocycles. The first-order valence-corrected chi connectivity index (χ1v) is 12.4. The van der Waals surface area contributed by atoms with Gasteiger partial charge in [0, 0.05) is 24.7 Å². The van der Waals surface area contributed by atoms with E-state index in [0.717, 1.165) is 67.2 Å². The Kier molecular flexibility index (Phi) is 7.48. The van der Waals surface area contributed by atoms with Gasteiger partial charge < -0.3 is 14.0 Å². The third-order valence-electron chi connectivity index (χ3n) is 6.27. The summed E-state index contributed by atoms with van der Waals surface area (Å²) in [7, 11) is 0. The molecular weight excluding hydrogens is 460 g/mol. The van der Waals surface area contributed by atoms with Crippen molar-refractivity contribution in [3.8, 4) is 28.2 Å². The first-order chi connectivity index (χ1) is 17.2. The maximum Gasteiger partial charge on any atom is 0.178 e. The second-order valence-electron chi connectivity index (χ2n) is 8.69. The normalized spacial score (nSPS) is 14.2. The van der Waals surface area contributed by atoms with Crippen LogP contribution in [0.4, 0.5) is 0 Å². The van der Waals surface area contributed by atoms with Gasteiger partial charge >= 0.3 is 0 Å². The van der Waals surface area contributed by atoms with Gasteiger partial charge in [0.1, 0.15) is 12.4 Å². The van der Waals surface area contributed by atoms with Crippen molar-refractivity contribution in [2.24, 2.45) is 0 Å². The molecule has 0 N–H and O–H groups in total. The number of nitrogens with zero attached hydrogens (tertiary/aromatic N) is 2. The summed E-state index contributed by atoms with van der Waals surface area (Å²) in [5.41, 5.74) is 6.13. The number of aryl methyl sites for hydroxylation is 1. The zero-order chi connectivity index (χ0) is 24.0. The Balaban J connectivity index is 1.45. The summed E-state index contributed by atoms with van der Waals surface area (Å²) < 4.78 is 17.6. The molecular formula is C29H29ClN2O3. The molecule has 0 amide bonds. The number of hydrogen-bond donors (Lipinski definition) is 0. The van der Waals surface area contributed by atoms with Crippen LogP contribution >= 0.6 is 11.6 Å². The van der Waals surface area contributed by atoms with Crippen LogP contribution in [-0.2, 0) is 24.3 Å². The van der Waals surface area contributed by atoms with Gasteiger partial charge in [0.2, 0.25) is 0 Å². The maximum absolute atomic E-state index is 6.41. The first-order valence-electron chi connectivity index (χ1n) is 12.1. The average molecular weight is 489 g/mol. The number of ether oxygens (including phenoxy) is 2. The molecule has 1 aliphatic heterocycles. The summed E-state index contributed by atoms with van der Waals surface area (Å²) in [5, 5.41) is 5.02. The van der Waals surface area contributed by atoms with E-state index in [1.807, 2.05) is 48.5 Å². The lowest BCUT2D eigenvalue weighted by atomic mass is 9.97. The second kappa shape index (κ2) is 11.1. The molecule has 5 rings (SSSR count). The number of aromatic nitrogens is 1. The smallest absolute Gasteiger partial charge is 0.178 e. The fraction of sp³-hybridized carbons (Fsp3) is 0.276. The summed E-state index contributed by atoms with van der Waals surface area (Å²) in [4.78, 5) is 2.42. The standard InChI is InChI=1S/C29H29ClN2O3/c1-2-26-28(23-10-8-21(9-11-23)19-32-14-16-33-17-15-32)29(35-31-26)25-18-24(30)12-13-27(25)34-20-22-6-4-3-5-7-22/h3-13,18H,2,14-17,19-20H2,1H3. The number of rotatable bonds is 8. The number of benzene rings is 3. The Morgan fingerprint density at radius 3 is 2.46 bits per heavy atom. The lowest BCUT2D eigenvalue weighted by Crippen LogP contribution is -2.35. The molecule has 0 saturated carbocycles. The topological polar surface area (TPSA) is 47.7 Å². The lowest BCUT2D eigenvalue weighted by Gasteiger charge is -2.26. The molecule has 1 fully saturated rings. The summed E-state index contributed by atoms with van der Waals surface area (Å²) in [5.74, 6) is 1.38. The minimum Gasteiger partial charge on any atom is -0.488 e. The lowest BCUT2D eigenvalue weighted by molar-refractivity contribution is 0.0342. The van der Waals surface area contributed by atoms with Gasteiger partial charge in [-0.15, -0.1) is 0 Å². The van der Waals surface area contributed by atoms with Crippen molar-refractivity contribution in [1.82, 2.24) is 10.1 Å². The number of hydrogen-bond acceptors (Lipinski definition) is 5. The average Bonchev–Trinajstić information content (AvgIpc) is 3.34. The quantitative estimate of drug-likeness (QED) is 0.278. The van der Waals surface area contributed by atoms with E-state index < -0.39 is 0 Å². The minimum absolute atomic E-state index is 0.454. The highest BCUT2D eigenvalue weighted by Gasteiger charge is 2.22. The van der Waals surface area contributed by atoms with Gasteiger partial charge in [-0.05, 0) is 41.3 Å². The molecule has 3 aromatic carbocycles. The molecule has 1 aliphatic rings. The van der Waals surface area contributed by atoms with Crippen LogP contribution < -0.4 is 4.74 Å². The fourth-order valence-corrected chi connectivity index (χ4v) is 4.55. The predicted molar refractivity (Wildman–Crippen MR) is 139 cm³/mol. The van der Waals surface area contributed by atoms with E-state index in [1.165, 1.54) is 5.56 Å². The largest absolute Gasteiger partial charge is 0.488 e. The Morgan fingerprint density at radius 2 is 1.71 bits per heavy atom. The zero-order valence-electron chi connectivity index (χ0n) is 19.9. The summed E-state index contributed by atoms with van der Waals surface area (Å²) in [6, 6.07) is 24.4. The van der Waals surface area contributed by atoms with Crippen molar-refractivity contribution in [3.05, 3.63) is 94.6 Å². The van der Waals surface area contributed by atoms with E-state index in [4.69, 9.17) is 25.6 Å². The van der Waals surface area contributed by atoms with Gasteiger partial charge in [0.25, 0.3) is 0 Å². The molecule has 1 aromatic heterocycles. The predicted octanol–water partition coefficient (Wildman–Crippen LogP) is 6.64. The molecule has 4 aromatic rings. The third kappa shape index (κ3) is 5.59. The molecule has 0 spiro atoms. The number of halogens is 1. The summed E-state index contributed by atoms with van der Waals surface area (Å²) in [6.07, 6.45) is 0.759. The molecule has 2 heterocycles. The van der Waals surface area contributed by atoms with Gasteiger partial charge in [-0.1, -0.05) is 78.3 Å². The van der Waals surface area contributed by atoms with Crippen LogP contribution in [0, 0.1) is 0 Å². The van der Waals surface area contributed by atoms with Gasteiger partial charge in [0.15, 0.2) is 5.76 Å². The van der Waals surface area contributed by atoms with E-state index in [2.05, 4.69) is 41.2 Å². The molecule has 180 valence electrons. The Labute approximate surface area is 211 Å². The Hall–Kier alpha value is -3.12. The first kappa shape index (κ1) is 23.6. The molecule has 5 nitrogen and oxygen atoms in total. The molecule has 0 atom stereocenters. The zero-order valence-corrected chi connectivity index (χ0v) is 20.6. The molecule has 0 aliphatic carbocycles. The summed E-state index contributed by atoms with van der Waals surface area (Å²) >= 11 is 6.41. The van der Waals surface area contributed by atoms with Crippen LogP contribution in [0.25, 0.3) is 22.5 Å². The van der Waals surface area contributed by atoms with Gasteiger partial charge in [-0.3, -0.25) is 4.90 Å². The van der Waals surface area contributed by atoms with Crippen molar-refractivity contribution >= 4 is 11.6 Å². The van der Waals surface area contributed by atoms with Gasteiger partial charge in [-0.2, -0.15) is 0 Å².